The van der Waals surface area contributed by atoms with Crippen molar-refractivity contribution in [3.63, 3.8) is 0 Å². The molecule has 0 N–H and O–H groups in total. The number of hydrogen-bond acceptors (Lipinski definition) is 0. The van der Waals surface area contributed by atoms with Crippen LogP contribution in [0.2, 0.25) is 52.4 Å². The zero-order valence-electron chi connectivity index (χ0n) is 81.1. The molecule has 4 heterocycles. The molecule has 650 valence electrons. The minimum absolute atomic E-state index is 0.0357. The lowest BCUT2D eigenvalue weighted by molar-refractivity contribution is -0.665. The number of aryl methyl sites for hydroxylation is 10. The fourth-order valence-corrected chi connectivity index (χ4v) is 33.7. The number of rotatable bonds is 11. The first-order valence-corrected chi connectivity index (χ1v) is 60.2. The molecule has 0 saturated heterocycles. The molecule has 0 radical (unpaired) electrons. The topological polar surface area (TPSA) is 15.5 Å². The van der Waals surface area contributed by atoms with Crippen molar-refractivity contribution in [2.45, 2.75) is 215 Å². The van der Waals surface area contributed by atoms with Crippen LogP contribution in [0.1, 0.15) is 178 Å². The first-order valence-electron chi connectivity index (χ1n) is 48.2. The molecule has 0 spiro atoms. The van der Waals surface area contributed by atoms with Crippen molar-refractivity contribution in [3.05, 3.63) is 356 Å². The Morgan fingerprint density at radius 2 is 0.597 bits per heavy atom. The molecule has 129 heavy (non-hydrogen) atoms. The lowest BCUT2D eigenvalue weighted by Crippen LogP contribution is -2.53. The molecule has 0 amide bonds. The molecule has 7 aliphatic carbocycles. The number of aromatic nitrogens is 4. The van der Waals surface area contributed by atoms with Crippen molar-refractivity contribution >= 4 is 117 Å². The molecule has 2 fully saturated rings. The number of nitrogens with zero attached hydrogens (tertiary/aromatic N) is 4. The van der Waals surface area contributed by atoms with Gasteiger partial charge in [0.2, 0.25) is 22.8 Å². The predicted octanol–water partition coefficient (Wildman–Crippen LogP) is 23.3. The number of benzene rings is 12. The minimum atomic E-state index is -1.82. The zero-order chi connectivity index (χ0) is 90.4. The highest BCUT2D eigenvalue weighted by molar-refractivity contribution is 7.02. The van der Waals surface area contributed by atoms with Gasteiger partial charge in [-0.15, -0.1) is 0 Å². The Balaban J connectivity index is 0.000000112. The molecule has 7 aliphatic rings. The lowest BCUT2D eigenvalue weighted by Gasteiger charge is -2.38. The molecule has 23 rings (SSSR count). The van der Waals surface area contributed by atoms with Gasteiger partial charge in [-0.05, 0) is 240 Å². The van der Waals surface area contributed by atoms with E-state index in [1.165, 1.54) is 250 Å². The smallest absolute Gasteiger partial charge is 0.198 e. The second-order valence-electron chi connectivity index (χ2n) is 42.4. The highest BCUT2D eigenvalue weighted by Crippen LogP contribution is 2.56. The van der Waals surface area contributed by atoms with E-state index in [0.717, 1.165) is 23.7 Å². The largest absolute Gasteiger partial charge is 0.221 e. The molecular weight excluding hydrogens is 1620 g/mol. The molecule has 8 heteroatoms. The van der Waals surface area contributed by atoms with Crippen LogP contribution in [-0.2, 0) is 46.4 Å². The highest BCUT2D eigenvalue weighted by Gasteiger charge is 2.43. The van der Waals surface area contributed by atoms with Gasteiger partial charge in [0.15, 0.2) is 22.8 Å². The summed E-state index contributed by atoms with van der Waals surface area (Å²) < 4.78 is 9.60. The van der Waals surface area contributed by atoms with Gasteiger partial charge >= 0.3 is 0 Å². The standard InChI is InChI=1S/C32H36NSi.C31H34NSi.2C29H32NSi/c1-21-17-30-23-11-13-24(14-12-23)31(30)20-29(21)32-28-16-15-27(19-25(28)18-22(2)33(32)3)34(4,5)26-9-7-6-8-10-26;1-20-15-29-22-11-12-23(17-22)30(29)19-28(20)31-27-14-13-26(18-24(27)16-21(2)32(31)3)33(4,5)25-9-7-6-8-10-25;1-19-12-11-15-24-26(19)28-27-21(16-20(2)30(28)5)17-23(18-25(27)29(24,3)4)31(6,7)22-13-9-8-10-14-22;1-20-16-22-10-9-11-23(22)19-28(20)29-27-15-14-26(18-24(27)17-21(2)30(29)3)31(4,5)25-12-7-6-8-13-25/h6-10,15-20,23-24H,11-14H2,1-5H3;6-10,13-16,18-19,22-23H,11-12,17H2,1-5H3;8-18H,1-7H3;6-8,12-19H,9-11H2,1-5H3/q4*+1. The molecule has 4 bridgehead atoms. The van der Waals surface area contributed by atoms with Crippen LogP contribution >= 0.6 is 0 Å². The van der Waals surface area contributed by atoms with Crippen LogP contribution in [0.15, 0.2) is 267 Å². The van der Waals surface area contributed by atoms with Gasteiger partial charge < -0.3 is 0 Å². The van der Waals surface area contributed by atoms with E-state index < -0.39 is 32.3 Å². The second-order valence-corrected chi connectivity index (χ2v) is 60.0. The van der Waals surface area contributed by atoms with E-state index in [2.05, 4.69) is 435 Å². The van der Waals surface area contributed by atoms with E-state index >= 15 is 0 Å². The summed E-state index contributed by atoms with van der Waals surface area (Å²) in [6, 6.07) is 103. The Labute approximate surface area is 774 Å². The predicted molar refractivity (Wildman–Crippen MR) is 560 cm³/mol. The van der Waals surface area contributed by atoms with Crippen LogP contribution in [-0.4, -0.2) is 32.3 Å². The summed E-state index contributed by atoms with van der Waals surface area (Å²) in [6.07, 6.45) is 13.4. The third kappa shape index (κ3) is 15.2. The van der Waals surface area contributed by atoms with Crippen LogP contribution in [0.4, 0.5) is 0 Å². The van der Waals surface area contributed by atoms with Gasteiger partial charge in [0.1, 0.15) is 60.5 Å². The molecule has 4 aromatic heterocycles. The average Bonchev–Trinajstić information content (AvgIpc) is 1.09. The van der Waals surface area contributed by atoms with E-state index in [-0.39, 0.29) is 5.41 Å². The Morgan fingerprint density at radius 1 is 0.271 bits per heavy atom. The van der Waals surface area contributed by atoms with Crippen LogP contribution < -0.4 is 59.8 Å². The first-order chi connectivity index (χ1) is 61.7. The summed E-state index contributed by atoms with van der Waals surface area (Å²) >= 11 is 0. The van der Waals surface area contributed by atoms with E-state index in [9.17, 15) is 0 Å². The van der Waals surface area contributed by atoms with Gasteiger partial charge in [0.05, 0.1) is 43.8 Å². The van der Waals surface area contributed by atoms with Crippen LogP contribution in [0, 0.1) is 55.4 Å². The molecule has 2 saturated carbocycles. The van der Waals surface area contributed by atoms with Gasteiger partial charge in [-0.3, -0.25) is 0 Å². The van der Waals surface area contributed by atoms with E-state index in [0.29, 0.717) is 0 Å². The number of pyridine rings is 4. The van der Waals surface area contributed by atoms with Crippen molar-refractivity contribution in [1.29, 1.82) is 0 Å². The third-order valence-corrected chi connectivity index (χ3v) is 47.1. The summed E-state index contributed by atoms with van der Waals surface area (Å²) in [5, 5.41) is 23.0. The van der Waals surface area contributed by atoms with Crippen molar-refractivity contribution in [2.75, 3.05) is 0 Å². The maximum atomic E-state index is 2.57. The van der Waals surface area contributed by atoms with Crippen LogP contribution in [0.25, 0.3) is 88.1 Å². The van der Waals surface area contributed by atoms with Gasteiger partial charge in [0, 0.05) is 57.4 Å². The maximum absolute atomic E-state index is 2.57. The van der Waals surface area contributed by atoms with Crippen LogP contribution in [0.5, 0.6) is 0 Å². The molecule has 2 unspecified atom stereocenters. The normalized spacial score (nSPS) is 16.8. The third-order valence-electron chi connectivity index (χ3n) is 32.9. The summed E-state index contributed by atoms with van der Waals surface area (Å²) in [5.74, 6) is 3.16. The van der Waals surface area contributed by atoms with E-state index in [1.807, 2.05) is 0 Å². The lowest BCUT2D eigenvalue weighted by atomic mass is 9.66. The van der Waals surface area contributed by atoms with Gasteiger partial charge in [-0.1, -0.05) is 314 Å². The fraction of sp³-hybridized carbons (Fsp3) is 0.306. The Kier molecular flexibility index (Phi) is 22.7. The molecular formula is C121H134N4Si4+4. The Hall–Kier alpha value is -10.9. The van der Waals surface area contributed by atoms with Gasteiger partial charge in [-0.25, -0.2) is 0 Å². The summed E-state index contributed by atoms with van der Waals surface area (Å²) in [4.78, 5) is 0. The zero-order valence-corrected chi connectivity index (χ0v) is 85.1. The van der Waals surface area contributed by atoms with Crippen molar-refractivity contribution < 1.29 is 18.3 Å². The quantitative estimate of drug-likeness (QED) is 0.0906. The average molecular weight is 1760 g/mol. The van der Waals surface area contributed by atoms with Crippen LogP contribution in [0.3, 0.4) is 0 Å². The van der Waals surface area contributed by atoms with E-state index in [4.69, 9.17) is 0 Å². The molecule has 12 aromatic carbocycles. The highest BCUT2D eigenvalue weighted by atomic mass is 28.3. The summed E-state index contributed by atoms with van der Waals surface area (Å²) in [7, 11) is 1.88. The fourth-order valence-electron chi connectivity index (χ4n) is 24.1. The van der Waals surface area contributed by atoms with Crippen molar-refractivity contribution in [3.8, 4) is 45.0 Å². The van der Waals surface area contributed by atoms with Gasteiger partial charge in [-0.2, -0.15) is 18.3 Å². The molecule has 0 aliphatic heterocycles. The summed E-state index contributed by atoms with van der Waals surface area (Å²) in [5.41, 5.74) is 34.6. The molecule has 4 nitrogen and oxygen atoms in total. The number of fused-ring (bicyclic) bond motifs is 13. The second kappa shape index (κ2) is 33.5. The monoisotopic (exact) mass is 1750 g/mol. The Morgan fingerprint density at radius 3 is 1.01 bits per heavy atom. The Bertz CT molecular complexity index is 7170. The molecule has 16 aromatic rings. The maximum Gasteiger partial charge on any atom is 0.221 e. The minimum Gasteiger partial charge on any atom is -0.198 e. The van der Waals surface area contributed by atoms with E-state index in [1.54, 1.807) is 33.4 Å². The molecule has 2 atom stereocenters. The van der Waals surface area contributed by atoms with Crippen molar-refractivity contribution in [2.24, 2.45) is 28.2 Å². The summed E-state index contributed by atoms with van der Waals surface area (Å²) in [6.45, 7) is 42.8. The first kappa shape index (κ1) is 87.5. The van der Waals surface area contributed by atoms with Crippen molar-refractivity contribution in [1.82, 2.24) is 0 Å². The van der Waals surface area contributed by atoms with Gasteiger partial charge in [0.25, 0.3) is 0 Å². The number of hydrogen-bond donors (Lipinski definition) is 0. The SMILES string of the molecule is Cc1cc2c(cc1-c1c3ccc([Si](C)(C)c4ccccc4)cc3cc(C)[n+]1C)C1CCC2C1.Cc1cc2c(cc1-c1c3ccc([Si](C)(C)c4ccccc4)cc3cc(C)[n+]1C)C1CCC2CC1.Cc1cc2c(cc1-c1c3ccc([Si](C)(C)c4ccccc4)cc3cc(C)[n+]1C)CCC2.Cc1cccc2c1-c1c3c(cc([Si](C)(C)c4ccccc4)cc3cc(C)[n+]1C)C2(C)C.